The summed E-state index contributed by atoms with van der Waals surface area (Å²) in [7, 11) is 0. The Morgan fingerprint density at radius 3 is 2.76 bits per heavy atom. The number of ether oxygens (including phenoxy) is 4. The summed E-state index contributed by atoms with van der Waals surface area (Å²) in [5.74, 6) is -1.41. The van der Waals surface area contributed by atoms with E-state index in [0.717, 1.165) is 11.1 Å². The first-order chi connectivity index (χ1) is 21.9. The third kappa shape index (κ3) is 6.36. The Bertz CT molecular complexity index is 1780. The van der Waals surface area contributed by atoms with Crippen LogP contribution in [0, 0.1) is 23.0 Å². The van der Waals surface area contributed by atoms with Gasteiger partial charge in [0, 0.05) is 41.7 Å². The van der Waals surface area contributed by atoms with Crippen LogP contribution in [0.25, 0.3) is 11.1 Å². The molecule has 0 bridgehead atoms. The number of hydrogen-bond donors (Lipinski definition) is 3. The van der Waals surface area contributed by atoms with Crippen molar-refractivity contribution in [1.29, 1.82) is 5.26 Å². The molecule has 6 rings (SSSR count). The molecule has 4 aromatic rings. The smallest absolute Gasteiger partial charge is 0.205 e. The molecule has 1 aliphatic carbocycles. The van der Waals surface area contributed by atoms with E-state index in [1.165, 1.54) is 12.3 Å². The van der Waals surface area contributed by atoms with Crippen molar-refractivity contribution in [2.45, 2.75) is 38.3 Å². The second kappa shape index (κ2) is 13.3. The lowest BCUT2D eigenvalue weighted by atomic mass is 9.95. The molecule has 2 aliphatic rings. The normalized spacial score (nSPS) is 15.7. The zero-order chi connectivity index (χ0) is 31.5. The van der Waals surface area contributed by atoms with Gasteiger partial charge in [0.2, 0.25) is 5.82 Å². The van der Waals surface area contributed by atoms with Gasteiger partial charge < -0.3 is 29.2 Å². The highest BCUT2D eigenvalue weighted by atomic mass is 35.5. The Morgan fingerprint density at radius 1 is 1.09 bits per heavy atom. The van der Waals surface area contributed by atoms with Crippen molar-refractivity contribution in [3.05, 3.63) is 99.3 Å². The molecule has 232 valence electrons. The van der Waals surface area contributed by atoms with Crippen LogP contribution in [0.1, 0.15) is 40.3 Å². The molecule has 0 saturated heterocycles. The number of rotatable bonds is 10. The van der Waals surface area contributed by atoms with E-state index in [-0.39, 0.29) is 48.5 Å². The number of nitrogens with zero attached hydrogens (tertiary/aromatic N) is 2. The minimum Gasteiger partial charge on any atom is -0.488 e. The fourth-order valence-electron chi connectivity index (χ4n) is 5.48. The van der Waals surface area contributed by atoms with E-state index in [2.05, 4.69) is 10.3 Å². The van der Waals surface area contributed by atoms with Gasteiger partial charge in [0.05, 0.1) is 17.2 Å². The van der Waals surface area contributed by atoms with E-state index in [1.54, 1.807) is 36.5 Å². The summed E-state index contributed by atoms with van der Waals surface area (Å²) in [5.41, 5.74) is 3.92. The molecule has 1 aliphatic heterocycles. The number of hydrogen-bond acceptors (Lipinski definition) is 9. The molecule has 1 unspecified atom stereocenters. The van der Waals surface area contributed by atoms with Gasteiger partial charge in [-0.05, 0) is 47.7 Å². The highest BCUT2D eigenvalue weighted by molar-refractivity contribution is 6.32. The van der Waals surface area contributed by atoms with Gasteiger partial charge in [0.25, 0.3) is 0 Å². The third-order valence-electron chi connectivity index (χ3n) is 7.62. The Hall–Kier alpha value is -4.47. The number of benzene rings is 3. The molecule has 2 heterocycles. The van der Waals surface area contributed by atoms with Crippen molar-refractivity contribution in [1.82, 2.24) is 10.3 Å². The van der Waals surface area contributed by atoms with Crippen molar-refractivity contribution < 1.29 is 37.9 Å². The van der Waals surface area contributed by atoms with E-state index in [1.807, 2.05) is 12.1 Å². The Morgan fingerprint density at radius 2 is 1.93 bits per heavy atom. The van der Waals surface area contributed by atoms with Gasteiger partial charge in [-0.1, -0.05) is 29.8 Å². The molecule has 12 heteroatoms. The number of nitrogens with one attached hydrogen (secondary N) is 1. The molecule has 2 atom stereocenters. The van der Waals surface area contributed by atoms with Crippen molar-refractivity contribution in [2.24, 2.45) is 0 Å². The third-order valence-corrected chi connectivity index (χ3v) is 7.92. The van der Waals surface area contributed by atoms with Crippen LogP contribution in [-0.4, -0.2) is 41.2 Å². The summed E-state index contributed by atoms with van der Waals surface area (Å²) in [6.07, 6.45) is 2.56. The number of aromatic nitrogens is 1. The first-order valence-electron chi connectivity index (χ1n) is 14.2. The second-order valence-corrected chi connectivity index (χ2v) is 11.0. The first-order valence-corrected chi connectivity index (χ1v) is 14.6. The van der Waals surface area contributed by atoms with Gasteiger partial charge in [-0.3, -0.25) is 10.3 Å². The lowest BCUT2D eigenvalue weighted by Gasteiger charge is -2.21. The molecule has 1 aromatic heterocycles. The molecular weight excluding hydrogens is 608 g/mol. The molecule has 3 aromatic carbocycles. The van der Waals surface area contributed by atoms with Crippen LogP contribution in [0.2, 0.25) is 5.02 Å². The van der Waals surface area contributed by atoms with E-state index >= 15 is 4.39 Å². The molecule has 9 nitrogen and oxygen atoms in total. The minimum absolute atomic E-state index is 0.0832. The van der Waals surface area contributed by atoms with Crippen molar-refractivity contribution in [2.75, 3.05) is 19.8 Å². The van der Waals surface area contributed by atoms with Crippen LogP contribution in [0.3, 0.4) is 0 Å². The fourth-order valence-corrected chi connectivity index (χ4v) is 5.71. The predicted molar refractivity (Wildman–Crippen MR) is 159 cm³/mol. The van der Waals surface area contributed by atoms with Gasteiger partial charge in [0.1, 0.15) is 49.7 Å². The molecule has 0 fully saturated rings. The van der Waals surface area contributed by atoms with Crippen molar-refractivity contribution in [3.63, 3.8) is 0 Å². The van der Waals surface area contributed by atoms with Crippen LogP contribution in [0.4, 0.5) is 8.78 Å². The van der Waals surface area contributed by atoms with Crippen molar-refractivity contribution in [3.8, 4) is 40.2 Å². The molecule has 45 heavy (non-hydrogen) atoms. The van der Waals surface area contributed by atoms with Gasteiger partial charge in [-0.25, -0.2) is 4.39 Å². The van der Waals surface area contributed by atoms with E-state index in [9.17, 15) is 19.9 Å². The quantitative estimate of drug-likeness (QED) is 0.197. The van der Waals surface area contributed by atoms with Crippen LogP contribution in [-0.2, 0) is 19.6 Å². The maximum atomic E-state index is 15.3. The number of aliphatic hydroxyl groups excluding tert-OH is 2. The van der Waals surface area contributed by atoms with Gasteiger partial charge in [0.15, 0.2) is 17.3 Å². The topological polar surface area (TPSA) is 126 Å². The van der Waals surface area contributed by atoms with Crippen LogP contribution < -0.4 is 24.3 Å². The highest BCUT2D eigenvalue weighted by Gasteiger charge is 2.31. The van der Waals surface area contributed by atoms with Crippen LogP contribution in [0.5, 0.6) is 23.0 Å². The summed E-state index contributed by atoms with van der Waals surface area (Å²) >= 11 is 6.66. The summed E-state index contributed by atoms with van der Waals surface area (Å²) in [6, 6.07) is 13.9. The summed E-state index contributed by atoms with van der Waals surface area (Å²) in [6.45, 7) is 0.120. The maximum absolute atomic E-state index is 15.3. The molecule has 0 saturated carbocycles. The number of fused-ring (bicyclic) bond motifs is 2. The lowest BCUT2D eigenvalue weighted by molar-refractivity contribution is 0.0663. The first kappa shape index (κ1) is 30.6. The lowest BCUT2D eigenvalue weighted by Crippen LogP contribution is -2.31. The van der Waals surface area contributed by atoms with Gasteiger partial charge >= 0.3 is 0 Å². The van der Waals surface area contributed by atoms with Crippen LogP contribution in [0.15, 0.2) is 54.9 Å². The second-order valence-electron chi connectivity index (χ2n) is 10.5. The van der Waals surface area contributed by atoms with Crippen molar-refractivity contribution >= 4 is 11.6 Å². The van der Waals surface area contributed by atoms with E-state index < -0.39 is 30.6 Å². The fraction of sp³-hybridized carbons (Fsp3) is 0.273. The van der Waals surface area contributed by atoms with E-state index in [0.29, 0.717) is 46.6 Å². The average molecular weight is 636 g/mol. The minimum atomic E-state index is -1.15. The monoisotopic (exact) mass is 635 g/mol. The largest absolute Gasteiger partial charge is 0.488 e. The Labute approximate surface area is 262 Å². The molecule has 0 radical (unpaired) electrons. The average Bonchev–Trinajstić information content (AvgIpc) is 3.48. The number of nitriles is 1. The molecule has 0 amide bonds. The predicted octanol–water partition coefficient (Wildman–Crippen LogP) is 5.37. The SMILES string of the molecule is N#Cc1cncc(COc2cc(O[C@H]3CCc4c(-c5cc6c(c(F)c5F)OCCO6)cccc43)c(Cl)cc2CNC(O)CO)c1. The number of halogens is 3. The number of aliphatic hydroxyl groups is 2. The van der Waals surface area contributed by atoms with Gasteiger partial charge in [-0.15, -0.1) is 0 Å². The van der Waals surface area contributed by atoms with Gasteiger partial charge in [-0.2, -0.15) is 9.65 Å². The molecular formula is C33H28ClF2N3O6. The summed E-state index contributed by atoms with van der Waals surface area (Å²) in [4.78, 5) is 4.06. The van der Waals surface area contributed by atoms with Crippen LogP contribution >= 0.6 is 11.6 Å². The van der Waals surface area contributed by atoms with E-state index in [4.69, 9.17) is 30.5 Å². The Balaban J connectivity index is 1.29. The zero-order valence-electron chi connectivity index (χ0n) is 23.9. The summed E-state index contributed by atoms with van der Waals surface area (Å²) < 4.78 is 53.5. The zero-order valence-corrected chi connectivity index (χ0v) is 24.6. The Kier molecular flexibility index (Phi) is 9.00. The molecule has 0 spiro atoms. The highest BCUT2D eigenvalue weighted by Crippen LogP contribution is 2.46. The standard InChI is InChI=1S/C33H28ClF2N3O6/c34-25-9-20(15-39-30(41)16-40)27(44-17-19-8-18(12-37)13-38-14-19)11-28(25)45-26-5-4-22-21(2-1-3-23(22)26)24-10-29-33(32(36)31(24)35)43-7-6-42-29/h1-3,8-11,13-14,26,30,39-41H,4-7,15-17H2/t26-,30?/m0/s1. The maximum Gasteiger partial charge on any atom is 0.205 e. The summed E-state index contributed by atoms with van der Waals surface area (Å²) in [5, 5.41) is 31.3. The molecule has 3 N–H and O–H groups in total. The number of pyridine rings is 1.